The first kappa shape index (κ1) is 18.5. The number of carbonyl (C=O) groups is 1. The Morgan fingerprint density at radius 3 is 2.87 bits per heavy atom. The van der Waals surface area contributed by atoms with Gasteiger partial charge >= 0.3 is 0 Å². The summed E-state index contributed by atoms with van der Waals surface area (Å²) in [6.45, 7) is 2.15. The molecule has 2 aliphatic rings. The number of hydrogen-bond acceptors (Lipinski definition) is 3. The summed E-state index contributed by atoms with van der Waals surface area (Å²) in [4.78, 5) is 14.3. The third-order valence-corrected chi connectivity index (χ3v) is 5.11. The van der Waals surface area contributed by atoms with Gasteiger partial charge in [-0.05, 0) is 42.9 Å². The third kappa shape index (κ3) is 4.35. The van der Waals surface area contributed by atoms with Crippen LogP contribution in [0.1, 0.15) is 19.3 Å². The fraction of sp³-hybridized carbons (Fsp3) is 0.562. The highest BCUT2D eigenvalue weighted by atomic mass is 35.5. The van der Waals surface area contributed by atoms with Gasteiger partial charge in [0.1, 0.15) is 5.82 Å². The van der Waals surface area contributed by atoms with Crippen LogP contribution < -0.4 is 11.1 Å². The number of benzene rings is 1. The molecule has 3 rings (SSSR count). The van der Waals surface area contributed by atoms with E-state index in [-0.39, 0.29) is 29.4 Å². The lowest BCUT2D eigenvalue weighted by molar-refractivity contribution is -0.117. The van der Waals surface area contributed by atoms with Crippen molar-refractivity contribution in [2.75, 3.05) is 25.0 Å². The molecule has 0 bridgehead atoms. The minimum absolute atomic E-state index is 0. The predicted octanol–water partition coefficient (Wildman–Crippen LogP) is 2.90. The number of nitrogens with two attached hydrogens (primary N) is 1. The van der Waals surface area contributed by atoms with Crippen molar-refractivity contribution in [1.82, 2.24) is 4.90 Å². The van der Waals surface area contributed by atoms with Crippen LogP contribution in [0.5, 0.6) is 0 Å². The molecule has 7 heteroatoms. The van der Waals surface area contributed by atoms with Gasteiger partial charge in [-0.1, -0.05) is 18.0 Å². The summed E-state index contributed by atoms with van der Waals surface area (Å²) in [5, 5.41) is 2.96. The van der Waals surface area contributed by atoms with Gasteiger partial charge in [0, 0.05) is 19.1 Å². The summed E-state index contributed by atoms with van der Waals surface area (Å²) in [6.07, 6.45) is 3.49. The highest BCUT2D eigenvalue weighted by Crippen LogP contribution is 2.35. The predicted molar refractivity (Wildman–Crippen MR) is 92.5 cm³/mol. The molecule has 0 spiro atoms. The molecule has 3 unspecified atom stereocenters. The van der Waals surface area contributed by atoms with Crippen LogP contribution in [-0.4, -0.2) is 36.5 Å². The molecule has 23 heavy (non-hydrogen) atoms. The van der Waals surface area contributed by atoms with Gasteiger partial charge in [0.2, 0.25) is 5.91 Å². The molecule has 4 nitrogen and oxygen atoms in total. The van der Waals surface area contributed by atoms with Crippen LogP contribution in [-0.2, 0) is 4.79 Å². The van der Waals surface area contributed by atoms with Crippen LogP contribution in [0.3, 0.4) is 0 Å². The molecule has 128 valence electrons. The molecule has 1 saturated carbocycles. The van der Waals surface area contributed by atoms with Gasteiger partial charge in [0.25, 0.3) is 0 Å². The number of likely N-dealkylation sites (tertiary alicyclic amines) is 1. The van der Waals surface area contributed by atoms with Gasteiger partial charge in [0.15, 0.2) is 0 Å². The zero-order valence-electron chi connectivity index (χ0n) is 12.8. The zero-order chi connectivity index (χ0) is 15.7. The topological polar surface area (TPSA) is 58.4 Å². The van der Waals surface area contributed by atoms with Crippen LogP contribution in [0.25, 0.3) is 0 Å². The summed E-state index contributed by atoms with van der Waals surface area (Å²) in [5.74, 6) is 0.586. The SMILES string of the molecule is Cl.NC1CCCC2CN(CC(=O)Nc3ccc(F)cc3Cl)CC12. The number of fused-ring (bicyclic) bond motifs is 1. The second kappa shape index (κ2) is 7.79. The van der Waals surface area contributed by atoms with Gasteiger partial charge in [-0.3, -0.25) is 9.69 Å². The number of nitrogens with one attached hydrogen (secondary N) is 1. The van der Waals surface area contributed by atoms with Crippen LogP contribution >= 0.6 is 24.0 Å². The second-order valence-corrected chi connectivity index (χ2v) is 6.79. The highest BCUT2D eigenvalue weighted by molar-refractivity contribution is 6.33. The first-order chi connectivity index (χ1) is 10.5. The number of carbonyl (C=O) groups excluding carboxylic acids is 1. The molecule has 0 aromatic heterocycles. The van der Waals surface area contributed by atoms with Crippen molar-refractivity contribution in [3.63, 3.8) is 0 Å². The quantitative estimate of drug-likeness (QED) is 0.869. The first-order valence-electron chi connectivity index (χ1n) is 7.76. The molecule has 1 heterocycles. The number of anilines is 1. The summed E-state index contributed by atoms with van der Waals surface area (Å²) in [6, 6.07) is 4.22. The molecule has 2 fully saturated rings. The van der Waals surface area contributed by atoms with Crippen molar-refractivity contribution >= 4 is 35.6 Å². The third-order valence-electron chi connectivity index (χ3n) is 4.80. The lowest BCUT2D eigenvalue weighted by Crippen LogP contribution is -2.38. The Labute approximate surface area is 147 Å². The minimum atomic E-state index is -0.416. The van der Waals surface area contributed by atoms with Gasteiger partial charge in [-0.25, -0.2) is 4.39 Å². The molecule has 1 aromatic carbocycles. The van der Waals surface area contributed by atoms with E-state index in [4.69, 9.17) is 17.3 Å². The summed E-state index contributed by atoms with van der Waals surface area (Å²) in [5.41, 5.74) is 6.64. The standard InChI is InChI=1S/C16H21ClFN3O.ClH/c17-13-6-11(18)4-5-15(13)20-16(22)9-21-7-10-2-1-3-14(19)12(10)8-21;/h4-6,10,12,14H,1-3,7-9,19H2,(H,20,22);1H. The van der Waals surface area contributed by atoms with Gasteiger partial charge in [-0.2, -0.15) is 0 Å². The Morgan fingerprint density at radius 1 is 1.39 bits per heavy atom. The van der Waals surface area contributed by atoms with E-state index in [9.17, 15) is 9.18 Å². The average molecular weight is 362 g/mol. The van der Waals surface area contributed by atoms with Crippen molar-refractivity contribution in [3.8, 4) is 0 Å². The maximum atomic E-state index is 13.0. The lowest BCUT2D eigenvalue weighted by atomic mass is 9.78. The largest absolute Gasteiger partial charge is 0.327 e. The van der Waals surface area contributed by atoms with E-state index in [1.54, 1.807) is 0 Å². The van der Waals surface area contributed by atoms with E-state index in [0.29, 0.717) is 24.1 Å². The van der Waals surface area contributed by atoms with Crippen LogP contribution in [0.4, 0.5) is 10.1 Å². The molecule has 1 saturated heterocycles. The summed E-state index contributed by atoms with van der Waals surface area (Å²) in [7, 11) is 0. The number of nitrogens with zero attached hydrogens (tertiary/aromatic N) is 1. The maximum Gasteiger partial charge on any atom is 0.238 e. The highest BCUT2D eigenvalue weighted by Gasteiger charge is 2.38. The molecule has 1 aliphatic carbocycles. The second-order valence-electron chi connectivity index (χ2n) is 6.39. The number of amides is 1. The number of halogens is 3. The molecular weight excluding hydrogens is 340 g/mol. The normalized spacial score (nSPS) is 27.2. The van der Waals surface area contributed by atoms with E-state index in [1.807, 2.05) is 0 Å². The van der Waals surface area contributed by atoms with Crippen molar-refractivity contribution in [2.45, 2.75) is 25.3 Å². The van der Waals surface area contributed by atoms with E-state index in [1.165, 1.54) is 31.0 Å². The molecule has 1 aliphatic heterocycles. The molecule has 1 aromatic rings. The van der Waals surface area contributed by atoms with E-state index < -0.39 is 5.82 Å². The monoisotopic (exact) mass is 361 g/mol. The average Bonchev–Trinajstić information content (AvgIpc) is 2.86. The summed E-state index contributed by atoms with van der Waals surface area (Å²) < 4.78 is 13.0. The smallest absolute Gasteiger partial charge is 0.238 e. The minimum Gasteiger partial charge on any atom is -0.327 e. The first-order valence-corrected chi connectivity index (χ1v) is 8.13. The molecular formula is C16H22Cl2FN3O. The molecule has 1 amide bonds. The van der Waals surface area contributed by atoms with Gasteiger partial charge in [0.05, 0.1) is 17.3 Å². The van der Waals surface area contributed by atoms with Gasteiger partial charge in [-0.15, -0.1) is 12.4 Å². The molecule has 3 atom stereocenters. The molecule has 3 N–H and O–H groups in total. The van der Waals surface area contributed by atoms with Crippen LogP contribution in [0.2, 0.25) is 5.02 Å². The van der Waals surface area contributed by atoms with Crippen molar-refractivity contribution in [2.24, 2.45) is 17.6 Å². The Morgan fingerprint density at radius 2 is 2.17 bits per heavy atom. The lowest BCUT2D eigenvalue weighted by Gasteiger charge is -2.29. The fourth-order valence-corrected chi connectivity index (χ4v) is 3.94. The van der Waals surface area contributed by atoms with Crippen molar-refractivity contribution < 1.29 is 9.18 Å². The zero-order valence-corrected chi connectivity index (χ0v) is 14.4. The Hall–Kier alpha value is -0.880. The van der Waals surface area contributed by atoms with E-state index in [2.05, 4.69) is 10.2 Å². The number of rotatable bonds is 3. The van der Waals surface area contributed by atoms with Crippen LogP contribution in [0, 0.1) is 17.7 Å². The Bertz CT molecular complexity index is 572. The van der Waals surface area contributed by atoms with Crippen molar-refractivity contribution in [1.29, 1.82) is 0 Å². The van der Waals surface area contributed by atoms with Crippen molar-refractivity contribution in [3.05, 3.63) is 29.0 Å². The maximum absolute atomic E-state index is 13.0. The number of hydrogen-bond donors (Lipinski definition) is 2. The van der Waals surface area contributed by atoms with E-state index >= 15 is 0 Å². The Balaban J connectivity index is 0.00000192. The van der Waals surface area contributed by atoms with Crippen LogP contribution in [0.15, 0.2) is 18.2 Å². The summed E-state index contributed by atoms with van der Waals surface area (Å²) >= 11 is 5.92. The Kier molecular flexibility index (Phi) is 6.26. The fourth-order valence-electron chi connectivity index (χ4n) is 3.72. The molecule has 0 radical (unpaired) electrons. The van der Waals surface area contributed by atoms with E-state index in [0.717, 1.165) is 19.5 Å². The van der Waals surface area contributed by atoms with Gasteiger partial charge < -0.3 is 11.1 Å².